The van der Waals surface area contributed by atoms with Crippen LogP contribution in [-0.2, 0) is 20.5 Å². The largest absolute Gasteiger partial charge is 0.337 e. The van der Waals surface area contributed by atoms with Gasteiger partial charge in [-0.05, 0) is 36.1 Å². The molecule has 4 atom stereocenters. The summed E-state index contributed by atoms with van der Waals surface area (Å²) in [6.45, 7) is 3.91. The minimum absolute atomic E-state index is 0.0678. The highest BCUT2D eigenvalue weighted by Gasteiger charge is 2.64. The highest BCUT2D eigenvalue weighted by Crippen LogP contribution is 2.59. The van der Waals surface area contributed by atoms with Gasteiger partial charge in [-0.1, -0.05) is 37.3 Å². The molecule has 9 heteroatoms. The summed E-state index contributed by atoms with van der Waals surface area (Å²) >= 11 is 0. The highest BCUT2D eigenvalue weighted by molar-refractivity contribution is 7.89. The fourth-order valence-electron chi connectivity index (χ4n) is 4.45. The molecule has 32 heavy (non-hydrogen) atoms. The van der Waals surface area contributed by atoms with Crippen molar-refractivity contribution in [1.29, 1.82) is 0 Å². The zero-order valence-corrected chi connectivity index (χ0v) is 18.6. The lowest BCUT2D eigenvalue weighted by atomic mass is 9.89. The predicted molar refractivity (Wildman–Crippen MR) is 115 cm³/mol. The van der Waals surface area contributed by atoms with E-state index in [1.165, 1.54) is 30.0 Å². The molecule has 4 rings (SSSR count). The van der Waals surface area contributed by atoms with Gasteiger partial charge in [0.05, 0.1) is 17.2 Å². The molecular formula is C23H25F3N2O3S. The summed E-state index contributed by atoms with van der Waals surface area (Å²) in [5.41, 5.74) is -2.18. The highest BCUT2D eigenvalue weighted by atomic mass is 32.2. The third-order valence-electron chi connectivity index (χ3n) is 6.52. The lowest BCUT2D eigenvalue weighted by Crippen LogP contribution is -2.62. The second-order valence-electron chi connectivity index (χ2n) is 8.55. The maximum Gasteiger partial charge on any atom is 0.229 e. The molecule has 1 heterocycles. The summed E-state index contributed by atoms with van der Waals surface area (Å²) in [4.78, 5) is 14.6. The van der Waals surface area contributed by atoms with Gasteiger partial charge in [0.2, 0.25) is 15.9 Å². The summed E-state index contributed by atoms with van der Waals surface area (Å²) < 4.78 is 70.7. The van der Waals surface area contributed by atoms with E-state index in [4.69, 9.17) is 0 Å². The standard InChI is InChI=1S/C23H25F3N2O3S/c1-3-32(30,31)27-12-20-14(2)13-28(20)22(29)17-11-23(17,26)16-8-5-4-7-15(16)21-18(24)9-6-10-19(21)25/h4-10,14,17,20,27H,3,11-13H2,1-2H3/t14-,17?,20-,23?/m1/s1. The third kappa shape index (κ3) is 3.92. The van der Waals surface area contributed by atoms with Crippen LogP contribution in [0.5, 0.6) is 0 Å². The molecule has 5 nitrogen and oxygen atoms in total. The molecule has 1 aliphatic carbocycles. The van der Waals surface area contributed by atoms with Crippen LogP contribution in [0.4, 0.5) is 13.2 Å². The number of amides is 1. The van der Waals surface area contributed by atoms with E-state index in [0.717, 1.165) is 12.1 Å². The Kier molecular flexibility index (Phi) is 5.83. The number of nitrogens with zero attached hydrogens (tertiary/aromatic N) is 1. The first kappa shape index (κ1) is 22.8. The second-order valence-corrected chi connectivity index (χ2v) is 10.6. The van der Waals surface area contributed by atoms with E-state index < -0.39 is 39.2 Å². The first-order valence-electron chi connectivity index (χ1n) is 10.6. The zero-order valence-electron chi connectivity index (χ0n) is 17.8. The van der Waals surface area contributed by atoms with Crippen LogP contribution in [-0.4, -0.2) is 44.1 Å². The number of hydrogen-bond donors (Lipinski definition) is 1. The molecule has 0 aromatic heterocycles. The van der Waals surface area contributed by atoms with Gasteiger partial charge >= 0.3 is 0 Å². The lowest BCUT2D eigenvalue weighted by molar-refractivity contribution is -0.145. The number of benzene rings is 2. The normalized spacial score (nSPS) is 27.2. The van der Waals surface area contributed by atoms with Crippen molar-refractivity contribution in [2.45, 2.75) is 32.0 Å². The number of carbonyl (C=O) groups excluding carboxylic acids is 1. The molecule has 0 spiro atoms. The first-order chi connectivity index (χ1) is 15.1. The van der Waals surface area contributed by atoms with Crippen molar-refractivity contribution >= 4 is 15.9 Å². The summed E-state index contributed by atoms with van der Waals surface area (Å²) in [5.74, 6) is -2.98. The fourth-order valence-corrected chi connectivity index (χ4v) is 5.08. The Balaban J connectivity index is 1.56. The molecule has 1 saturated heterocycles. The number of carbonyl (C=O) groups is 1. The van der Waals surface area contributed by atoms with Crippen molar-refractivity contribution < 1.29 is 26.4 Å². The molecule has 2 aromatic carbocycles. The number of sulfonamides is 1. The molecule has 1 saturated carbocycles. The van der Waals surface area contributed by atoms with Gasteiger partial charge in [-0.3, -0.25) is 4.79 Å². The first-order valence-corrected chi connectivity index (χ1v) is 12.2. The smallest absolute Gasteiger partial charge is 0.229 e. The van der Waals surface area contributed by atoms with Crippen molar-refractivity contribution in [2.75, 3.05) is 18.8 Å². The molecule has 2 unspecified atom stereocenters. The summed E-state index contributed by atoms with van der Waals surface area (Å²) in [6, 6.07) is 9.16. The Morgan fingerprint density at radius 2 is 1.81 bits per heavy atom. The van der Waals surface area contributed by atoms with Crippen LogP contribution in [0.1, 0.15) is 25.8 Å². The van der Waals surface area contributed by atoms with Crippen LogP contribution in [0, 0.1) is 23.5 Å². The van der Waals surface area contributed by atoms with Crippen molar-refractivity contribution in [3.63, 3.8) is 0 Å². The van der Waals surface area contributed by atoms with E-state index in [-0.39, 0.29) is 47.4 Å². The SMILES string of the molecule is CCS(=O)(=O)NC[C@@H]1[C@H](C)CN1C(=O)C1CC1(F)c1ccccc1-c1c(F)cccc1F. The van der Waals surface area contributed by atoms with Crippen LogP contribution in [0.2, 0.25) is 0 Å². The van der Waals surface area contributed by atoms with Crippen LogP contribution >= 0.6 is 0 Å². The van der Waals surface area contributed by atoms with E-state index >= 15 is 4.39 Å². The topological polar surface area (TPSA) is 66.5 Å². The Morgan fingerprint density at radius 1 is 1.16 bits per heavy atom. The predicted octanol–water partition coefficient (Wildman–Crippen LogP) is 3.60. The van der Waals surface area contributed by atoms with Gasteiger partial charge in [0.15, 0.2) is 0 Å². The molecule has 2 aliphatic rings. The summed E-state index contributed by atoms with van der Waals surface area (Å²) in [6.07, 6.45) is -0.0861. The Hall–Kier alpha value is -2.39. The van der Waals surface area contributed by atoms with Gasteiger partial charge in [0.25, 0.3) is 0 Å². The van der Waals surface area contributed by atoms with Gasteiger partial charge < -0.3 is 4.90 Å². The van der Waals surface area contributed by atoms with Gasteiger partial charge in [-0.2, -0.15) is 0 Å². The van der Waals surface area contributed by atoms with E-state index in [1.54, 1.807) is 12.1 Å². The van der Waals surface area contributed by atoms with Gasteiger partial charge in [0, 0.05) is 25.6 Å². The van der Waals surface area contributed by atoms with Crippen LogP contribution in [0.25, 0.3) is 11.1 Å². The number of hydrogen-bond acceptors (Lipinski definition) is 3. The van der Waals surface area contributed by atoms with E-state index in [9.17, 15) is 22.0 Å². The molecule has 0 radical (unpaired) electrons. The number of halogens is 3. The maximum atomic E-state index is 15.9. The lowest BCUT2D eigenvalue weighted by Gasteiger charge is -2.47. The number of likely N-dealkylation sites (tertiary alicyclic amines) is 1. The quantitative estimate of drug-likeness (QED) is 0.678. The molecular weight excluding hydrogens is 441 g/mol. The van der Waals surface area contributed by atoms with Gasteiger partial charge in [0.1, 0.15) is 17.3 Å². The van der Waals surface area contributed by atoms with E-state index in [1.807, 2.05) is 6.92 Å². The number of nitrogens with one attached hydrogen (secondary N) is 1. The minimum Gasteiger partial charge on any atom is -0.337 e. The Morgan fingerprint density at radius 3 is 2.44 bits per heavy atom. The second kappa shape index (κ2) is 8.19. The van der Waals surface area contributed by atoms with Crippen LogP contribution < -0.4 is 4.72 Å². The van der Waals surface area contributed by atoms with Crippen molar-refractivity contribution in [2.24, 2.45) is 11.8 Å². The van der Waals surface area contributed by atoms with E-state index in [2.05, 4.69) is 4.72 Å². The summed E-state index contributed by atoms with van der Waals surface area (Å²) in [5, 5.41) is 0. The molecule has 1 N–H and O–H groups in total. The summed E-state index contributed by atoms with van der Waals surface area (Å²) in [7, 11) is -3.41. The number of alkyl halides is 1. The molecule has 2 fully saturated rings. The Labute approximate surface area is 185 Å². The Bertz CT molecular complexity index is 1140. The zero-order chi connectivity index (χ0) is 23.3. The van der Waals surface area contributed by atoms with E-state index in [0.29, 0.717) is 6.54 Å². The molecule has 1 aliphatic heterocycles. The fraction of sp³-hybridized carbons (Fsp3) is 0.435. The third-order valence-corrected chi connectivity index (χ3v) is 7.88. The average molecular weight is 467 g/mol. The van der Waals surface area contributed by atoms with Gasteiger partial charge in [-0.15, -0.1) is 0 Å². The molecule has 2 aromatic rings. The maximum absolute atomic E-state index is 15.9. The van der Waals surface area contributed by atoms with Crippen molar-refractivity contribution in [1.82, 2.24) is 9.62 Å². The molecule has 0 bridgehead atoms. The van der Waals surface area contributed by atoms with Crippen molar-refractivity contribution in [3.8, 4) is 11.1 Å². The van der Waals surface area contributed by atoms with Crippen molar-refractivity contribution in [3.05, 3.63) is 59.7 Å². The van der Waals surface area contributed by atoms with Crippen LogP contribution in [0.3, 0.4) is 0 Å². The average Bonchev–Trinajstić information content (AvgIpc) is 3.44. The number of rotatable bonds is 7. The molecule has 1 amide bonds. The van der Waals surface area contributed by atoms with Crippen LogP contribution in [0.15, 0.2) is 42.5 Å². The van der Waals surface area contributed by atoms with Gasteiger partial charge in [-0.25, -0.2) is 26.3 Å². The molecule has 172 valence electrons. The minimum atomic E-state index is -3.41. The monoisotopic (exact) mass is 466 g/mol.